The highest BCUT2D eigenvalue weighted by Gasteiger charge is 2.18. The van der Waals surface area contributed by atoms with E-state index in [4.69, 9.17) is 5.11 Å². The smallest absolute Gasteiger partial charge is 0.331 e. The van der Waals surface area contributed by atoms with E-state index in [-0.39, 0.29) is 11.0 Å². The number of hydrogen-bond acceptors (Lipinski definition) is 4. The predicted octanol–water partition coefficient (Wildman–Crippen LogP) is -0.0203. The number of carboxylic acid groups (broad SMARTS) is 1. The highest BCUT2D eigenvalue weighted by atomic mass is 79.9. The van der Waals surface area contributed by atoms with E-state index in [1.54, 1.807) is 0 Å². The maximum Gasteiger partial charge on any atom is 0.331 e. The zero-order valence-electron chi connectivity index (χ0n) is 11.0. The summed E-state index contributed by atoms with van der Waals surface area (Å²) in [5.74, 6) is -1.13. The number of aliphatic carboxylic acids is 1. The quantitative estimate of drug-likeness (QED) is 0.818. The molecule has 1 atom stereocenters. The van der Waals surface area contributed by atoms with Crippen molar-refractivity contribution in [1.29, 1.82) is 0 Å². The average molecular weight is 334 g/mol. The summed E-state index contributed by atoms with van der Waals surface area (Å²) >= 11 is 3.06. The average Bonchev–Trinajstić information content (AvgIpc) is 2.32. The van der Waals surface area contributed by atoms with E-state index in [1.165, 1.54) is 13.1 Å². The first kappa shape index (κ1) is 15.6. The lowest BCUT2D eigenvalue weighted by Crippen LogP contribution is -2.43. The Hall–Kier alpha value is -1.41. The molecule has 7 nitrogen and oxygen atoms in total. The largest absolute Gasteiger partial charge is 0.480 e. The van der Waals surface area contributed by atoms with Gasteiger partial charge in [0.25, 0.3) is 5.56 Å². The standard InChI is InChI=1S/C11H16BrN3O4/c1-7(10(17)18)15-6-8(12)9(16)14(11(15)19)5-4-13(2)3/h6-7H,4-5H2,1-3H3,(H,17,18). The van der Waals surface area contributed by atoms with Crippen LogP contribution >= 0.6 is 15.9 Å². The Balaban J connectivity index is 3.35. The second kappa shape index (κ2) is 6.16. The van der Waals surface area contributed by atoms with Crippen molar-refractivity contribution in [1.82, 2.24) is 14.0 Å². The van der Waals surface area contributed by atoms with Gasteiger partial charge in [0.1, 0.15) is 6.04 Å². The van der Waals surface area contributed by atoms with Crippen LogP contribution in [0, 0.1) is 0 Å². The van der Waals surface area contributed by atoms with Crippen LogP contribution in [0.2, 0.25) is 0 Å². The van der Waals surface area contributed by atoms with Gasteiger partial charge in [-0.25, -0.2) is 9.59 Å². The van der Waals surface area contributed by atoms with Crippen LogP contribution in [0.1, 0.15) is 13.0 Å². The minimum absolute atomic E-state index is 0.166. The summed E-state index contributed by atoms with van der Waals surface area (Å²) in [5.41, 5.74) is -1.08. The summed E-state index contributed by atoms with van der Waals surface area (Å²) < 4.78 is 2.23. The lowest BCUT2D eigenvalue weighted by atomic mass is 10.3. The molecule has 1 heterocycles. The van der Waals surface area contributed by atoms with Gasteiger partial charge in [0.15, 0.2) is 0 Å². The number of carboxylic acids is 1. The predicted molar refractivity (Wildman–Crippen MR) is 73.6 cm³/mol. The molecular weight excluding hydrogens is 318 g/mol. The van der Waals surface area contributed by atoms with Gasteiger partial charge in [0.05, 0.1) is 4.47 Å². The summed E-state index contributed by atoms with van der Waals surface area (Å²) in [7, 11) is 3.64. The molecule has 1 rings (SSSR count). The topological polar surface area (TPSA) is 84.5 Å². The van der Waals surface area contributed by atoms with E-state index in [9.17, 15) is 14.4 Å². The van der Waals surface area contributed by atoms with Crippen molar-refractivity contribution < 1.29 is 9.90 Å². The molecule has 1 aromatic heterocycles. The summed E-state index contributed by atoms with van der Waals surface area (Å²) in [6, 6.07) is -1.03. The van der Waals surface area contributed by atoms with Gasteiger partial charge in [-0.05, 0) is 36.9 Å². The molecule has 0 aliphatic carbocycles. The first-order chi connectivity index (χ1) is 8.75. The molecule has 0 aliphatic rings. The third-order valence-electron chi connectivity index (χ3n) is 2.70. The van der Waals surface area contributed by atoms with Crippen LogP contribution in [-0.2, 0) is 11.3 Å². The number of rotatable bonds is 5. The number of likely N-dealkylation sites (N-methyl/N-ethyl adjacent to an activating group) is 1. The number of nitrogens with zero attached hydrogens (tertiary/aromatic N) is 3. The van der Waals surface area contributed by atoms with E-state index in [1.807, 2.05) is 19.0 Å². The van der Waals surface area contributed by atoms with Crippen LogP contribution in [0.4, 0.5) is 0 Å². The van der Waals surface area contributed by atoms with Crippen LogP contribution in [-0.4, -0.2) is 45.8 Å². The van der Waals surface area contributed by atoms with Crippen molar-refractivity contribution in [2.45, 2.75) is 19.5 Å². The van der Waals surface area contributed by atoms with Gasteiger partial charge < -0.3 is 10.0 Å². The summed E-state index contributed by atoms with van der Waals surface area (Å²) in [4.78, 5) is 36.8. The van der Waals surface area contributed by atoms with Crippen molar-refractivity contribution in [3.63, 3.8) is 0 Å². The molecule has 0 bridgehead atoms. The van der Waals surface area contributed by atoms with Crippen LogP contribution in [0.3, 0.4) is 0 Å². The highest BCUT2D eigenvalue weighted by Crippen LogP contribution is 2.06. The van der Waals surface area contributed by atoms with Crippen LogP contribution in [0.25, 0.3) is 0 Å². The summed E-state index contributed by atoms with van der Waals surface area (Å²) in [6.07, 6.45) is 1.22. The number of aromatic nitrogens is 2. The molecule has 1 unspecified atom stereocenters. The molecule has 0 aliphatic heterocycles. The molecule has 0 aromatic carbocycles. The fraction of sp³-hybridized carbons (Fsp3) is 0.545. The molecule has 0 radical (unpaired) electrons. The molecule has 0 spiro atoms. The third kappa shape index (κ3) is 3.54. The highest BCUT2D eigenvalue weighted by molar-refractivity contribution is 9.10. The number of carbonyl (C=O) groups is 1. The lowest BCUT2D eigenvalue weighted by molar-refractivity contribution is -0.140. The molecule has 19 heavy (non-hydrogen) atoms. The van der Waals surface area contributed by atoms with E-state index in [0.717, 1.165) is 9.13 Å². The second-order valence-electron chi connectivity index (χ2n) is 4.44. The lowest BCUT2D eigenvalue weighted by Gasteiger charge is -2.15. The van der Waals surface area contributed by atoms with E-state index < -0.39 is 23.3 Å². The number of hydrogen-bond donors (Lipinski definition) is 1. The van der Waals surface area contributed by atoms with Gasteiger partial charge in [-0.3, -0.25) is 13.9 Å². The Kier molecular flexibility index (Phi) is 5.07. The normalized spacial score (nSPS) is 12.7. The molecule has 0 fully saturated rings. The molecule has 1 aromatic rings. The van der Waals surface area contributed by atoms with Gasteiger partial charge in [-0.15, -0.1) is 0 Å². The molecule has 0 amide bonds. The van der Waals surface area contributed by atoms with E-state index in [0.29, 0.717) is 6.54 Å². The van der Waals surface area contributed by atoms with Gasteiger partial charge in [0, 0.05) is 19.3 Å². The van der Waals surface area contributed by atoms with Crippen molar-refractivity contribution >= 4 is 21.9 Å². The van der Waals surface area contributed by atoms with Gasteiger partial charge in [-0.1, -0.05) is 0 Å². The van der Waals surface area contributed by atoms with Crippen molar-refractivity contribution in [2.24, 2.45) is 0 Å². The van der Waals surface area contributed by atoms with Gasteiger partial charge in [0.2, 0.25) is 0 Å². The minimum Gasteiger partial charge on any atom is -0.480 e. The fourth-order valence-corrected chi connectivity index (χ4v) is 1.92. The maximum absolute atomic E-state index is 12.1. The zero-order valence-corrected chi connectivity index (χ0v) is 12.5. The minimum atomic E-state index is -1.13. The van der Waals surface area contributed by atoms with Crippen molar-refractivity contribution in [3.05, 3.63) is 31.5 Å². The zero-order chi connectivity index (χ0) is 14.7. The van der Waals surface area contributed by atoms with Crippen LogP contribution in [0.15, 0.2) is 20.3 Å². The monoisotopic (exact) mass is 333 g/mol. The molecule has 8 heteroatoms. The SMILES string of the molecule is CC(C(=O)O)n1cc(Br)c(=O)n(CCN(C)C)c1=O. The molecule has 0 saturated heterocycles. The first-order valence-electron chi connectivity index (χ1n) is 5.64. The number of halogens is 1. The third-order valence-corrected chi connectivity index (χ3v) is 3.24. The van der Waals surface area contributed by atoms with Crippen LogP contribution < -0.4 is 11.2 Å². The Bertz CT molecular complexity index is 591. The first-order valence-corrected chi connectivity index (χ1v) is 6.44. The Labute approximate surface area is 118 Å². The van der Waals surface area contributed by atoms with E-state index >= 15 is 0 Å². The van der Waals surface area contributed by atoms with Crippen LogP contribution in [0.5, 0.6) is 0 Å². The molecule has 106 valence electrons. The Morgan fingerprint density at radius 1 is 1.47 bits per heavy atom. The van der Waals surface area contributed by atoms with Gasteiger partial charge >= 0.3 is 11.7 Å². The van der Waals surface area contributed by atoms with E-state index in [2.05, 4.69) is 15.9 Å². The molecule has 0 saturated carbocycles. The maximum atomic E-state index is 12.1. The van der Waals surface area contributed by atoms with Crippen molar-refractivity contribution in [2.75, 3.05) is 20.6 Å². The summed E-state index contributed by atoms with van der Waals surface area (Å²) in [6.45, 7) is 2.10. The van der Waals surface area contributed by atoms with Gasteiger partial charge in [-0.2, -0.15) is 0 Å². The molecular formula is C11H16BrN3O4. The van der Waals surface area contributed by atoms with Crippen molar-refractivity contribution in [3.8, 4) is 0 Å². The fourth-order valence-electron chi connectivity index (χ4n) is 1.48. The Morgan fingerprint density at radius 3 is 2.53 bits per heavy atom. The Morgan fingerprint density at radius 2 is 2.05 bits per heavy atom. The molecule has 1 N–H and O–H groups in total. The second-order valence-corrected chi connectivity index (χ2v) is 5.30. The summed E-state index contributed by atoms with van der Waals surface area (Å²) in [5, 5.41) is 8.96.